The van der Waals surface area contributed by atoms with Gasteiger partial charge in [-0.15, -0.1) is 0 Å². The summed E-state index contributed by atoms with van der Waals surface area (Å²) in [6.07, 6.45) is 0. The summed E-state index contributed by atoms with van der Waals surface area (Å²) in [5.41, 5.74) is 8.34. The minimum atomic E-state index is -0.289. The molecule has 0 fully saturated rings. The van der Waals surface area contributed by atoms with Crippen molar-refractivity contribution in [2.24, 2.45) is 0 Å². The molecular weight excluding hydrogens is 255 g/mol. The van der Waals surface area contributed by atoms with E-state index in [2.05, 4.69) is 15.3 Å². The number of hydrogen-bond donors (Lipinski definition) is 2. The van der Waals surface area contributed by atoms with Gasteiger partial charge >= 0.3 is 0 Å². The molecule has 0 unspecified atom stereocenters. The molecular formula is C12H12ClFN4. The van der Waals surface area contributed by atoms with E-state index >= 15 is 0 Å². The molecule has 0 saturated heterocycles. The van der Waals surface area contributed by atoms with Crippen LogP contribution in [0.4, 0.5) is 21.6 Å². The van der Waals surface area contributed by atoms with Gasteiger partial charge in [0.1, 0.15) is 5.82 Å². The van der Waals surface area contributed by atoms with Crippen molar-refractivity contribution < 1.29 is 4.39 Å². The number of nitrogens with two attached hydrogens (primary N) is 1. The highest BCUT2D eigenvalue weighted by molar-refractivity contribution is 6.28. The first-order chi connectivity index (χ1) is 8.47. The maximum absolute atomic E-state index is 13.0. The highest BCUT2D eigenvalue weighted by Crippen LogP contribution is 2.26. The van der Waals surface area contributed by atoms with Crippen LogP contribution < -0.4 is 11.1 Å². The quantitative estimate of drug-likeness (QED) is 0.819. The van der Waals surface area contributed by atoms with Crippen LogP contribution in [0.2, 0.25) is 5.28 Å². The Balaban J connectivity index is 2.40. The van der Waals surface area contributed by atoms with Crippen LogP contribution in [-0.4, -0.2) is 9.97 Å². The number of aryl methyl sites for hydroxylation is 2. The molecule has 4 nitrogen and oxygen atoms in total. The Labute approximate surface area is 109 Å². The number of aromatic nitrogens is 2. The molecule has 0 aliphatic carbocycles. The van der Waals surface area contributed by atoms with Crippen molar-refractivity contribution in [3.63, 3.8) is 0 Å². The van der Waals surface area contributed by atoms with Crippen LogP contribution in [0.5, 0.6) is 0 Å². The molecule has 2 aromatic rings. The lowest BCUT2D eigenvalue weighted by atomic mass is 10.2. The predicted molar refractivity (Wildman–Crippen MR) is 70.6 cm³/mol. The zero-order valence-corrected chi connectivity index (χ0v) is 10.7. The smallest absolute Gasteiger partial charge is 0.224 e. The molecule has 6 heteroatoms. The number of halogens is 2. The fourth-order valence-corrected chi connectivity index (χ4v) is 1.75. The second-order valence-electron chi connectivity index (χ2n) is 3.92. The Hall–Kier alpha value is -1.88. The summed E-state index contributed by atoms with van der Waals surface area (Å²) >= 11 is 5.78. The molecule has 1 aromatic carbocycles. The Morgan fingerprint density at radius 3 is 2.67 bits per heavy atom. The van der Waals surface area contributed by atoms with Gasteiger partial charge in [-0.25, -0.2) is 9.37 Å². The zero-order chi connectivity index (χ0) is 13.3. The molecule has 18 heavy (non-hydrogen) atoms. The number of anilines is 3. The van der Waals surface area contributed by atoms with Gasteiger partial charge < -0.3 is 11.1 Å². The van der Waals surface area contributed by atoms with E-state index in [1.165, 1.54) is 12.1 Å². The summed E-state index contributed by atoms with van der Waals surface area (Å²) in [7, 11) is 0. The molecule has 0 amide bonds. The van der Waals surface area contributed by atoms with E-state index in [1.807, 2.05) is 0 Å². The van der Waals surface area contributed by atoms with Crippen LogP contribution in [-0.2, 0) is 0 Å². The molecule has 2 rings (SSSR count). The maximum Gasteiger partial charge on any atom is 0.224 e. The molecule has 1 heterocycles. The van der Waals surface area contributed by atoms with Crippen molar-refractivity contribution >= 4 is 28.8 Å². The van der Waals surface area contributed by atoms with Crippen LogP contribution in [0.15, 0.2) is 18.2 Å². The van der Waals surface area contributed by atoms with E-state index in [1.54, 1.807) is 19.9 Å². The van der Waals surface area contributed by atoms with E-state index in [0.29, 0.717) is 17.2 Å². The molecule has 0 radical (unpaired) electrons. The minimum Gasteiger partial charge on any atom is -0.394 e. The lowest BCUT2D eigenvalue weighted by molar-refractivity contribution is 0.627. The van der Waals surface area contributed by atoms with E-state index in [0.717, 1.165) is 11.3 Å². The first kappa shape index (κ1) is 12.6. The molecule has 0 aliphatic rings. The van der Waals surface area contributed by atoms with E-state index in [-0.39, 0.29) is 11.1 Å². The van der Waals surface area contributed by atoms with Crippen molar-refractivity contribution in [1.82, 2.24) is 9.97 Å². The van der Waals surface area contributed by atoms with Crippen LogP contribution in [0.3, 0.4) is 0 Å². The number of rotatable bonds is 2. The lowest BCUT2D eigenvalue weighted by Crippen LogP contribution is -2.04. The third kappa shape index (κ3) is 2.51. The number of nitrogens with one attached hydrogen (secondary N) is 1. The van der Waals surface area contributed by atoms with Gasteiger partial charge in [0, 0.05) is 5.69 Å². The average molecular weight is 267 g/mol. The molecule has 0 bridgehead atoms. The van der Waals surface area contributed by atoms with Crippen molar-refractivity contribution in [2.75, 3.05) is 11.1 Å². The fourth-order valence-electron chi connectivity index (χ4n) is 1.54. The van der Waals surface area contributed by atoms with Crippen molar-refractivity contribution in [2.45, 2.75) is 13.8 Å². The van der Waals surface area contributed by atoms with Crippen molar-refractivity contribution in [3.05, 3.63) is 40.6 Å². The highest BCUT2D eigenvalue weighted by Gasteiger charge is 2.09. The molecule has 0 atom stereocenters. The van der Waals surface area contributed by atoms with Crippen molar-refractivity contribution in [1.29, 1.82) is 0 Å². The third-order valence-electron chi connectivity index (χ3n) is 2.55. The topological polar surface area (TPSA) is 63.8 Å². The van der Waals surface area contributed by atoms with Crippen LogP contribution in [0.25, 0.3) is 0 Å². The molecule has 1 aromatic heterocycles. The number of hydrogen-bond acceptors (Lipinski definition) is 4. The largest absolute Gasteiger partial charge is 0.394 e. The van der Waals surface area contributed by atoms with Crippen LogP contribution >= 0.6 is 11.6 Å². The van der Waals surface area contributed by atoms with Crippen LogP contribution in [0.1, 0.15) is 11.3 Å². The molecule has 0 spiro atoms. The number of benzene rings is 1. The summed E-state index contributed by atoms with van der Waals surface area (Å²) in [5, 5.41) is 3.14. The van der Waals surface area contributed by atoms with Gasteiger partial charge in [0.05, 0.1) is 11.4 Å². The van der Waals surface area contributed by atoms with Gasteiger partial charge in [0.2, 0.25) is 5.28 Å². The Morgan fingerprint density at radius 1 is 1.28 bits per heavy atom. The average Bonchev–Trinajstić information content (AvgIpc) is 2.29. The molecule has 0 saturated carbocycles. The molecule has 0 aliphatic heterocycles. The van der Waals surface area contributed by atoms with Crippen molar-refractivity contribution in [3.8, 4) is 0 Å². The fraction of sp³-hybridized carbons (Fsp3) is 0.167. The highest BCUT2D eigenvalue weighted by atomic mass is 35.5. The predicted octanol–water partition coefficient (Wildman–Crippen LogP) is 3.21. The normalized spacial score (nSPS) is 10.4. The molecule has 3 N–H and O–H groups in total. The Bertz CT molecular complexity index is 601. The summed E-state index contributed by atoms with van der Waals surface area (Å²) in [5.74, 6) is 0.130. The minimum absolute atomic E-state index is 0.115. The second-order valence-corrected chi connectivity index (χ2v) is 4.26. The molecule has 94 valence electrons. The number of nitrogens with zero attached hydrogens (tertiary/aromatic N) is 2. The third-order valence-corrected chi connectivity index (χ3v) is 2.72. The monoisotopic (exact) mass is 266 g/mol. The summed E-state index contributed by atoms with van der Waals surface area (Å²) in [4.78, 5) is 7.96. The van der Waals surface area contributed by atoms with Gasteiger partial charge in [0.25, 0.3) is 0 Å². The van der Waals surface area contributed by atoms with Gasteiger partial charge in [-0.1, -0.05) is 0 Å². The summed E-state index contributed by atoms with van der Waals surface area (Å²) in [6.45, 7) is 3.53. The lowest BCUT2D eigenvalue weighted by Gasteiger charge is -2.12. The maximum atomic E-state index is 13.0. The van der Waals surface area contributed by atoms with E-state index in [4.69, 9.17) is 17.3 Å². The Morgan fingerprint density at radius 2 is 2.00 bits per heavy atom. The zero-order valence-electron chi connectivity index (χ0n) is 9.96. The van der Waals surface area contributed by atoms with E-state index in [9.17, 15) is 4.39 Å². The Kier molecular flexibility index (Phi) is 3.34. The van der Waals surface area contributed by atoms with Gasteiger partial charge in [0.15, 0.2) is 5.82 Å². The summed E-state index contributed by atoms with van der Waals surface area (Å²) in [6, 6.07) is 4.41. The van der Waals surface area contributed by atoms with Gasteiger partial charge in [-0.2, -0.15) is 4.98 Å². The standard InChI is InChI=1S/C12H12ClFN4/c1-6-5-8(14)3-4-9(6)17-11-10(15)7(2)16-12(13)18-11/h3-5H,15H2,1-2H3,(H,16,17,18). The van der Waals surface area contributed by atoms with E-state index < -0.39 is 0 Å². The van der Waals surface area contributed by atoms with Gasteiger partial charge in [-0.3, -0.25) is 0 Å². The van der Waals surface area contributed by atoms with Gasteiger partial charge in [-0.05, 0) is 49.2 Å². The van der Waals surface area contributed by atoms with Crippen LogP contribution in [0, 0.1) is 19.7 Å². The SMILES string of the molecule is Cc1cc(F)ccc1Nc1nc(Cl)nc(C)c1N. The first-order valence-electron chi connectivity index (χ1n) is 5.30. The summed E-state index contributed by atoms with van der Waals surface area (Å²) < 4.78 is 13.0. The second kappa shape index (κ2) is 4.78. The number of nitrogen functional groups attached to an aromatic ring is 1. The first-order valence-corrected chi connectivity index (χ1v) is 5.68.